The third-order valence-electron chi connectivity index (χ3n) is 5.36. The summed E-state index contributed by atoms with van der Waals surface area (Å²) in [5.41, 5.74) is 2.78. The molecule has 0 fully saturated rings. The standard InChI is InChI=1S/C23H22N2O5S/c1-3-24-20-13-12-19(17-10-7-11-18(21(17)20)22(24)26)25(31(28)29)14-15-8-5-6-9-16(15)23(27)30-4-2/h5-13H,3-4,14H2,1-2H3,(H,28,29). The van der Waals surface area contributed by atoms with Crippen LogP contribution in [0.15, 0.2) is 54.6 Å². The zero-order chi connectivity index (χ0) is 22.1. The molecule has 1 heterocycles. The molecule has 0 saturated heterocycles. The summed E-state index contributed by atoms with van der Waals surface area (Å²) in [6, 6.07) is 15.8. The highest BCUT2D eigenvalue weighted by Gasteiger charge is 2.31. The second-order valence-corrected chi connectivity index (χ2v) is 7.93. The smallest absolute Gasteiger partial charge is 0.338 e. The molecule has 1 atom stereocenters. The summed E-state index contributed by atoms with van der Waals surface area (Å²) in [5, 5.41) is 1.47. The van der Waals surface area contributed by atoms with Gasteiger partial charge in [0.1, 0.15) is 0 Å². The molecule has 1 unspecified atom stereocenters. The summed E-state index contributed by atoms with van der Waals surface area (Å²) in [7, 11) is 0. The monoisotopic (exact) mass is 438 g/mol. The molecular weight excluding hydrogens is 416 g/mol. The van der Waals surface area contributed by atoms with Gasteiger partial charge in [-0.15, -0.1) is 0 Å². The fraction of sp³-hybridized carbons (Fsp3) is 0.217. The number of amides is 1. The van der Waals surface area contributed by atoms with E-state index in [1.54, 1.807) is 60.4 Å². The molecule has 0 spiro atoms. The lowest BCUT2D eigenvalue weighted by atomic mass is 10.0. The highest BCUT2D eigenvalue weighted by molar-refractivity contribution is 7.80. The molecule has 0 bridgehead atoms. The Kier molecular flexibility index (Phi) is 5.75. The predicted molar refractivity (Wildman–Crippen MR) is 121 cm³/mol. The first-order valence-electron chi connectivity index (χ1n) is 9.99. The van der Waals surface area contributed by atoms with E-state index in [9.17, 15) is 18.4 Å². The number of carbonyl (C=O) groups excluding carboxylic acids is 2. The Bertz CT molecular complexity index is 1210. The van der Waals surface area contributed by atoms with Crippen molar-refractivity contribution >= 4 is 45.3 Å². The fourth-order valence-electron chi connectivity index (χ4n) is 4.01. The molecule has 1 aliphatic rings. The highest BCUT2D eigenvalue weighted by Crippen LogP contribution is 2.42. The number of nitrogens with zero attached hydrogens (tertiary/aromatic N) is 2. The van der Waals surface area contributed by atoms with Gasteiger partial charge in [0, 0.05) is 22.9 Å². The number of hydrogen-bond donors (Lipinski definition) is 1. The van der Waals surface area contributed by atoms with Crippen LogP contribution in [0.1, 0.15) is 40.1 Å². The van der Waals surface area contributed by atoms with Gasteiger partial charge >= 0.3 is 5.97 Å². The number of esters is 1. The number of carbonyl (C=O) groups is 2. The minimum absolute atomic E-state index is 0.0161. The average molecular weight is 439 g/mol. The van der Waals surface area contributed by atoms with E-state index >= 15 is 0 Å². The molecule has 1 amide bonds. The van der Waals surface area contributed by atoms with Crippen LogP contribution in [-0.2, 0) is 22.5 Å². The summed E-state index contributed by atoms with van der Waals surface area (Å²) in [5.74, 6) is -0.559. The summed E-state index contributed by atoms with van der Waals surface area (Å²) in [4.78, 5) is 26.8. The van der Waals surface area contributed by atoms with Gasteiger partial charge in [-0.25, -0.2) is 9.00 Å². The van der Waals surface area contributed by atoms with Crippen LogP contribution in [0.5, 0.6) is 0 Å². The minimum Gasteiger partial charge on any atom is -0.462 e. The van der Waals surface area contributed by atoms with E-state index in [4.69, 9.17) is 4.74 Å². The number of rotatable bonds is 7. The first kappa shape index (κ1) is 21.0. The average Bonchev–Trinajstić information content (AvgIpc) is 3.05. The Balaban J connectivity index is 1.82. The topological polar surface area (TPSA) is 87.2 Å². The zero-order valence-corrected chi connectivity index (χ0v) is 18.0. The van der Waals surface area contributed by atoms with Gasteiger partial charge in [-0.05, 0) is 43.7 Å². The molecule has 7 nitrogen and oxygen atoms in total. The van der Waals surface area contributed by atoms with Crippen LogP contribution in [0, 0.1) is 0 Å². The highest BCUT2D eigenvalue weighted by atomic mass is 32.2. The van der Waals surface area contributed by atoms with Crippen molar-refractivity contribution in [3.63, 3.8) is 0 Å². The molecule has 1 N–H and O–H groups in total. The van der Waals surface area contributed by atoms with E-state index in [2.05, 4.69) is 0 Å². The van der Waals surface area contributed by atoms with Crippen LogP contribution in [0.2, 0.25) is 0 Å². The molecule has 3 aromatic carbocycles. The van der Waals surface area contributed by atoms with Crippen LogP contribution >= 0.6 is 0 Å². The number of benzene rings is 3. The summed E-state index contributed by atoms with van der Waals surface area (Å²) >= 11 is -2.37. The van der Waals surface area contributed by atoms with E-state index in [0.29, 0.717) is 34.3 Å². The normalized spacial score (nSPS) is 13.5. The molecule has 0 aromatic heterocycles. The van der Waals surface area contributed by atoms with Crippen LogP contribution < -0.4 is 9.21 Å². The van der Waals surface area contributed by atoms with Crippen molar-refractivity contribution in [2.45, 2.75) is 20.4 Å². The molecule has 3 aromatic rings. The Morgan fingerprint density at radius 3 is 2.58 bits per heavy atom. The lowest BCUT2D eigenvalue weighted by molar-refractivity contribution is 0.0525. The van der Waals surface area contributed by atoms with Gasteiger partial charge in [0.05, 0.1) is 30.1 Å². The molecule has 0 aliphatic carbocycles. The first-order chi connectivity index (χ1) is 15.0. The zero-order valence-electron chi connectivity index (χ0n) is 17.2. The van der Waals surface area contributed by atoms with E-state index in [1.165, 1.54) is 4.31 Å². The first-order valence-corrected chi connectivity index (χ1v) is 11.0. The third-order valence-corrected chi connectivity index (χ3v) is 6.06. The van der Waals surface area contributed by atoms with Crippen molar-refractivity contribution in [3.05, 3.63) is 71.3 Å². The van der Waals surface area contributed by atoms with Crippen LogP contribution in [-0.4, -0.2) is 33.8 Å². The van der Waals surface area contributed by atoms with Crippen LogP contribution in [0.3, 0.4) is 0 Å². The van der Waals surface area contributed by atoms with Crippen molar-refractivity contribution in [1.82, 2.24) is 0 Å². The lowest BCUT2D eigenvalue weighted by Crippen LogP contribution is -2.26. The maximum Gasteiger partial charge on any atom is 0.338 e. The van der Waals surface area contributed by atoms with E-state index in [0.717, 1.165) is 11.1 Å². The van der Waals surface area contributed by atoms with Gasteiger partial charge in [-0.1, -0.05) is 30.3 Å². The van der Waals surface area contributed by atoms with Gasteiger partial charge in [-0.2, -0.15) is 0 Å². The maximum atomic E-state index is 12.7. The van der Waals surface area contributed by atoms with Crippen molar-refractivity contribution in [1.29, 1.82) is 0 Å². The van der Waals surface area contributed by atoms with Crippen molar-refractivity contribution in [2.75, 3.05) is 22.4 Å². The Morgan fingerprint density at radius 1 is 1.10 bits per heavy atom. The van der Waals surface area contributed by atoms with Crippen molar-refractivity contribution in [3.8, 4) is 0 Å². The Hall–Kier alpha value is -3.23. The second-order valence-electron chi connectivity index (χ2n) is 7.03. The summed E-state index contributed by atoms with van der Waals surface area (Å²) in [6.07, 6.45) is 0. The van der Waals surface area contributed by atoms with Gasteiger partial charge in [0.25, 0.3) is 17.2 Å². The van der Waals surface area contributed by atoms with Crippen LogP contribution in [0.4, 0.5) is 11.4 Å². The van der Waals surface area contributed by atoms with Gasteiger partial charge in [0.15, 0.2) is 0 Å². The molecule has 1 aliphatic heterocycles. The Morgan fingerprint density at radius 2 is 1.87 bits per heavy atom. The van der Waals surface area contributed by atoms with E-state index in [1.807, 2.05) is 13.0 Å². The lowest BCUT2D eigenvalue weighted by Gasteiger charge is -2.23. The molecular formula is C23H22N2O5S. The van der Waals surface area contributed by atoms with Gasteiger partial charge < -0.3 is 9.64 Å². The van der Waals surface area contributed by atoms with Crippen molar-refractivity contribution < 1.29 is 23.1 Å². The van der Waals surface area contributed by atoms with E-state index < -0.39 is 17.2 Å². The fourth-order valence-corrected chi connectivity index (χ4v) is 4.58. The number of ether oxygens (including phenoxy) is 1. The second kappa shape index (κ2) is 8.49. The summed E-state index contributed by atoms with van der Waals surface area (Å²) < 4.78 is 28.9. The van der Waals surface area contributed by atoms with Crippen LogP contribution in [0.25, 0.3) is 10.8 Å². The number of anilines is 2. The third kappa shape index (κ3) is 3.58. The summed E-state index contributed by atoms with van der Waals surface area (Å²) in [6.45, 7) is 4.42. The largest absolute Gasteiger partial charge is 0.462 e. The van der Waals surface area contributed by atoms with Gasteiger partial charge in [-0.3, -0.25) is 13.7 Å². The van der Waals surface area contributed by atoms with E-state index in [-0.39, 0.29) is 19.1 Å². The predicted octanol–water partition coefficient (Wildman–Crippen LogP) is 4.14. The number of hydrogen-bond acceptors (Lipinski definition) is 4. The molecule has 4 rings (SSSR count). The minimum atomic E-state index is -2.37. The molecule has 8 heteroatoms. The van der Waals surface area contributed by atoms with Crippen molar-refractivity contribution in [2.24, 2.45) is 0 Å². The SMILES string of the molecule is CCOC(=O)c1ccccc1CN(c1ccc2c3c(cccc13)C(=O)N2CC)S(=O)O. The Labute approximate surface area is 182 Å². The molecule has 0 radical (unpaired) electrons. The maximum absolute atomic E-state index is 12.7. The molecule has 160 valence electrons. The molecule has 31 heavy (non-hydrogen) atoms. The quantitative estimate of drug-likeness (QED) is 0.443. The van der Waals surface area contributed by atoms with Gasteiger partial charge in [0.2, 0.25) is 0 Å². The molecule has 0 saturated carbocycles.